The summed E-state index contributed by atoms with van der Waals surface area (Å²) < 4.78 is 13.7. The van der Waals surface area contributed by atoms with Crippen molar-refractivity contribution in [3.05, 3.63) is 22.6 Å². The molecule has 0 aromatic carbocycles. The molecule has 0 amide bonds. The van der Waals surface area contributed by atoms with Crippen molar-refractivity contribution in [2.24, 2.45) is 5.92 Å². The van der Waals surface area contributed by atoms with Crippen LogP contribution in [0.2, 0.25) is 0 Å². The Morgan fingerprint density at radius 1 is 1.24 bits per heavy atom. The number of hydrogen-bond donors (Lipinski definition) is 1. The van der Waals surface area contributed by atoms with Crippen LogP contribution in [-0.4, -0.2) is 22.9 Å². The molecule has 21 heavy (non-hydrogen) atoms. The van der Waals surface area contributed by atoms with Gasteiger partial charge in [-0.1, -0.05) is 13.8 Å². The molecule has 0 unspecified atom stereocenters. The minimum absolute atomic E-state index is 0.163. The largest absolute Gasteiger partial charge is 0.496 e. The SMILES string of the molecule is CC(C)Cn1cc(B2OC(C)(C)C(C)(C)O2)cc(N)c1=O. The van der Waals surface area contributed by atoms with E-state index in [1.807, 2.05) is 27.7 Å². The molecule has 1 aliphatic heterocycles. The molecule has 6 heteroatoms. The Morgan fingerprint density at radius 3 is 2.24 bits per heavy atom. The molecule has 5 nitrogen and oxygen atoms in total. The summed E-state index contributed by atoms with van der Waals surface area (Å²) in [5.41, 5.74) is 5.88. The average Bonchev–Trinajstić information content (AvgIpc) is 2.53. The van der Waals surface area contributed by atoms with Gasteiger partial charge in [-0.25, -0.2) is 0 Å². The molecule has 0 bridgehead atoms. The quantitative estimate of drug-likeness (QED) is 0.855. The summed E-state index contributed by atoms with van der Waals surface area (Å²) in [6.07, 6.45) is 1.79. The zero-order valence-corrected chi connectivity index (χ0v) is 13.8. The second-order valence-corrected chi connectivity index (χ2v) is 7.17. The molecule has 0 aliphatic carbocycles. The Morgan fingerprint density at radius 2 is 1.76 bits per heavy atom. The number of nitrogen functional groups attached to an aromatic ring is 1. The molecule has 0 atom stereocenters. The second-order valence-electron chi connectivity index (χ2n) is 7.17. The van der Waals surface area contributed by atoms with Gasteiger partial charge >= 0.3 is 7.12 Å². The van der Waals surface area contributed by atoms with Gasteiger partial charge in [0.25, 0.3) is 5.56 Å². The summed E-state index contributed by atoms with van der Waals surface area (Å²) in [5.74, 6) is 0.357. The fraction of sp³-hybridized carbons (Fsp3) is 0.667. The maximum absolute atomic E-state index is 12.1. The van der Waals surface area contributed by atoms with Crippen LogP contribution in [0.3, 0.4) is 0 Å². The van der Waals surface area contributed by atoms with E-state index in [1.54, 1.807) is 16.8 Å². The van der Waals surface area contributed by atoms with E-state index in [0.29, 0.717) is 12.5 Å². The lowest BCUT2D eigenvalue weighted by Crippen LogP contribution is -2.41. The third-order valence-corrected chi connectivity index (χ3v) is 4.22. The van der Waals surface area contributed by atoms with E-state index in [1.165, 1.54) is 0 Å². The normalized spacial score (nSPS) is 20.2. The average molecular weight is 292 g/mol. The lowest BCUT2D eigenvalue weighted by molar-refractivity contribution is 0.00578. The maximum Gasteiger partial charge on any atom is 0.496 e. The number of rotatable bonds is 3. The summed E-state index contributed by atoms with van der Waals surface area (Å²) in [7, 11) is -0.503. The van der Waals surface area contributed by atoms with Crippen LogP contribution in [0.15, 0.2) is 17.1 Å². The van der Waals surface area contributed by atoms with Gasteiger partial charge in [-0.2, -0.15) is 0 Å². The molecular formula is C15H25BN2O3. The highest BCUT2D eigenvalue weighted by Gasteiger charge is 2.51. The van der Waals surface area contributed by atoms with Gasteiger partial charge in [0.05, 0.1) is 16.9 Å². The summed E-state index contributed by atoms with van der Waals surface area (Å²) >= 11 is 0. The third-order valence-electron chi connectivity index (χ3n) is 4.22. The van der Waals surface area contributed by atoms with Crippen molar-refractivity contribution in [3.63, 3.8) is 0 Å². The number of anilines is 1. The highest BCUT2D eigenvalue weighted by Crippen LogP contribution is 2.36. The van der Waals surface area contributed by atoms with Crippen molar-refractivity contribution < 1.29 is 9.31 Å². The fourth-order valence-electron chi connectivity index (χ4n) is 2.32. The Hall–Kier alpha value is -1.27. The molecule has 1 saturated heterocycles. The smallest absolute Gasteiger partial charge is 0.399 e. The molecular weight excluding hydrogens is 267 g/mol. The molecule has 1 fully saturated rings. The van der Waals surface area contributed by atoms with Gasteiger partial charge in [0, 0.05) is 18.2 Å². The first kappa shape index (κ1) is 16.1. The predicted octanol–water partition coefficient (Wildman–Crippen LogP) is 1.39. The van der Waals surface area contributed by atoms with E-state index in [-0.39, 0.29) is 11.2 Å². The van der Waals surface area contributed by atoms with Gasteiger partial charge in [-0.05, 0) is 39.7 Å². The zero-order chi connectivity index (χ0) is 16.0. The first-order valence-corrected chi connectivity index (χ1v) is 7.39. The van der Waals surface area contributed by atoms with Crippen LogP contribution < -0.4 is 16.8 Å². The second kappa shape index (κ2) is 5.18. The van der Waals surface area contributed by atoms with Crippen molar-refractivity contribution in [3.8, 4) is 0 Å². The van der Waals surface area contributed by atoms with E-state index < -0.39 is 18.3 Å². The van der Waals surface area contributed by atoms with E-state index in [4.69, 9.17) is 15.0 Å². The molecule has 2 N–H and O–H groups in total. The fourth-order valence-corrected chi connectivity index (χ4v) is 2.32. The maximum atomic E-state index is 12.1. The topological polar surface area (TPSA) is 66.5 Å². The Bertz CT molecular complexity index is 577. The van der Waals surface area contributed by atoms with Gasteiger partial charge in [0.1, 0.15) is 0 Å². The van der Waals surface area contributed by atoms with E-state index in [9.17, 15) is 4.79 Å². The lowest BCUT2D eigenvalue weighted by atomic mass is 9.80. The molecule has 2 heterocycles. The molecule has 1 aromatic heterocycles. The van der Waals surface area contributed by atoms with E-state index in [0.717, 1.165) is 5.46 Å². The minimum Gasteiger partial charge on any atom is -0.399 e. The van der Waals surface area contributed by atoms with E-state index in [2.05, 4.69) is 13.8 Å². The van der Waals surface area contributed by atoms with Gasteiger partial charge in [0.2, 0.25) is 0 Å². The molecule has 1 aromatic rings. The van der Waals surface area contributed by atoms with Crippen LogP contribution in [0.1, 0.15) is 41.5 Å². The van der Waals surface area contributed by atoms with Crippen LogP contribution in [-0.2, 0) is 15.9 Å². The molecule has 116 valence electrons. The van der Waals surface area contributed by atoms with Crippen LogP contribution in [0, 0.1) is 5.92 Å². The lowest BCUT2D eigenvalue weighted by Gasteiger charge is -2.32. The summed E-state index contributed by atoms with van der Waals surface area (Å²) in [4.78, 5) is 12.1. The number of hydrogen-bond acceptors (Lipinski definition) is 4. The van der Waals surface area contributed by atoms with Gasteiger partial charge in [-0.3, -0.25) is 4.79 Å². The Kier molecular flexibility index (Phi) is 3.97. The molecule has 1 aliphatic rings. The van der Waals surface area contributed by atoms with Crippen molar-refractivity contribution >= 4 is 18.3 Å². The van der Waals surface area contributed by atoms with Gasteiger partial charge in [-0.15, -0.1) is 0 Å². The van der Waals surface area contributed by atoms with Crippen molar-refractivity contribution in [1.29, 1.82) is 0 Å². The number of nitrogens with zero attached hydrogens (tertiary/aromatic N) is 1. The number of pyridine rings is 1. The van der Waals surface area contributed by atoms with Crippen LogP contribution >= 0.6 is 0 Å². The molecule has 2 rings (SSSR count). The van der Waals surface area contributed by atoms with Crippen LogP contribution in [0.4, 0.5) is 5.69 Å². The summed E-state index contributed by atoms with van der Waals surface area (Å²) in [6.45, 7) is 12.7. The summed E-state index contributed by atoms with van der Waals surface area (Å²) in [5, 5.41) is 0. The summed E-state index contributed by atoms with van der Waals surface area (Å²) in [6, 6.07) is 1.65. The minimum atomic E-state index is -0.503. The first-order valence-electron chi connectivity index (χ1n) is 7.39. The van der Waals surface area contributed by atoms with Crippen molar-refractivity contribution in [1.82, 2.24) is 4.57 Å². The first-order chi connectivity index (χ1) is 9.53. The van der Waals surface area contributed by atoms with Gasteiger partial charge in [0.15, 0.2) is 0 Å². The highest BCUT2D eigenvalue weighted by atomic mass is 16.7. The number of nitrogens with two attached hydrogens (primary N) is 1. The predicted molar refractivity (Wildman–Crippen MR) is 85.7 cm³/mol. The van der Waals surface area contributed by atoms with Gasteiger partial charge < -0.3 is 19.6 Å². The molecule has 0 saturated carbocycles. The number of aromatic nitrogens is 1. The highest BCUT2D eigenvalue weighted by molar-refractivity contribution is 6.62. The van der Waals surface area contributed by atoms with Crippen LogP contribution in [0.5, 0.6) is 0 Å². The third kappa shape index (κ3) is 3.01. The standard InChI is InChI=1S/C15H25BN2O3/c1-10(2)8-18-9-11(7-12(17)13(18)19)16-20-14(3,4)15(5,6)21-16/h7,9-10H,8,17H2,1-6H3. The van der Waals surface area contributed by atoms with Crippen molar-refractivity contribution in [2.45, 2.75) is 59.3 Å². The van der Waals surface area contributed by atoms with Crippen molar-refractivity contribution in [2.75, 3.05) is 5.73 Å². The Labute approximate surface area is 126 Å². The zero-order valence-electron chi connectivity index (χ0n) is 13.8. The monoisotopic (exact) mass is 292 g/mol. The molecule has 0 spiro atoms. The van der Waals surface area contributed by atoms with E-state index >= 15 is 0 Å². The Balaban J connectivity index is 2.38. The van der Waals surface area contributed by atoms with Crippen LogP contribution in [0.25, 0.3) is 0 Å². The molecule has 0 radical (unpaired) electrons.